The van der Waals surface area contributed by atoms with Crippen LogP contribution in [0.5, 0.6) is 0 Å². The molecule has 2 saturated carbocycles. The summed E-state index contributed by atoms with van der Waals surface area (Å²) in [6, 6.07) is 10.3. The molecule has 2 aromatic carbocycles. The third-order valence-electron chi connectivity index (χ3n) is 8.62. The van der Waals surface area contributed by atoms with Gasteiger partial charge >= 0.3 is 0 Å². The Labute approximate surface area is 246 Å². The third kappa shape index (κ3) is 6.98. The molecule has 3 amide bonds. The van der Waals surface area contributed by atoms with E-state index in [0.717, 1.165) is 50.8 Å². The Morgan fingerprint density at radius 2 is 1.80 bits per heavy atom. The molecule has 1 saturated heterocycles. The minimum absolute atomic E-state index is 0.0188. The molecule has 0 bridgehead atoms. The second-order valence-electron chi connectivity index (χ2n) is 11.5. The van der Waals surface area contributed by atoms with Gasteiger partial charge in [0.25, 0.3) is 0 Å². The van der Waals surface area contributed by atoms with E-state index >= 15 is 0 Å². The first kappa shape index (κ1) is 30.3. The van der Waals surface area contributed by atoms with Gasteiger partial charge in [0.1, 0.15) is 5.82 Å². The van der Waals surface area contributed by atoms with Gasteiger partial charge in [-0.05, 0) is 75.1 Å². The average molecular weight is 591 g/mol. The van der Waals surface area contributed by atoms with Crippen LogP contribution >= 0.6 is 23.2 Å². The Hall–Kier alpha value is -2.64. The molecule has 1 aliphatic heterocycles. The number of halogens is 3. The standard InChI is InChI=1S/C20H25Cl2FN2O2.C11H13NO/c1-20(8-2-3-9-20)18(16-15(23)7-6-14(21)17(16)22)25-19(27)12-4-5-13(10-12)24-11-26;1-9-4-6-10(7-5-9)12-8-2-3-11(12)13/h6-7,11-13,18H,2-5,8-10H2,1H3,(H,24,26)(H,25,27);4-7H,2-3,8H2,1H3. The van der Waals surface area contributed by atoms with Crippen molar-refractivity contribution in [1.82, 2.24) is 10.6 Å². The normalized spacial score (nSPS) is 22.4. The largest absolute Gasteiger partial charge is 0.356 e. The van der Waals surface area contributed by atoms with Gasteiger partial charge in [0, 0.05) is 36.2 Å². The highest BCUT2D eigenvalue weighted by molar-refractivity contribution is 6.42. The summed E-state index contributed by atoms with van der Waals surface area (Å²) < 4.78 is 14.8. The van der Waals surface area contributed by atoms with E-state index in [0.29, 0.717) is 25.7 Å². The van der Waals surface area contributed by atoms with E-state index in [1.807, 2.05) is 29.2 Å². The number of carbonyl (C=O) groups is 3. The molecule has 0 spiro atoms. The highest BCUT2D eigenvalue weighted by Gasteiger charge is 2.42. The van der Waals surface area contributed by atoms with E-state index in [2.05, 4.69) is 24.5 Å². The summed E-state index contributed by atoms with van der Waals surface area (Å²) in [5.41, 5.74) is 2.27. The Morgan fingerprint density at radius 3 is 2.42 bits per heavy atom. The number of benzene rings is 2. The van der Waals surface area contributed by atoms with Gasteiger partial charge in [-0.15, -0.1) is 0 Å². The number of nitrogens with zero attached hydrogens (tertiary/aromatic N) is 1. The summed E-state index contributed by atoms with van der Waals surface area (Å²) in [6.07, 6.45) is 8.29. The van der Waals surface area contributed by atoms with Crippen LogP contribution < -0.4 is 15.5 Å². The molecule has 2 N–H and O–H groups in total. The van der Waals surface area contributed by atoms with Gasteiger partial charge in [-0.3, -0.25) is 14.4 Å². The maximum absolute atomic E-state index is 14.8. The smallest absolute Gasteiger partial charge is 0.227 e. The highest BCUT2D eigenvalue weighted by atomic mass is 35.5. The second kappa shape index (κ2) is 13.3. The van der Waals surface area contributed by atoms with Crippen molar-refractivity contribution in [1.29, 1.82) is 0 Å². The lowest BCUT2D eigenvalue weighted by atomic mass is 9.76. The minimum Gasteiger partial charge on any atom is -0.356 e. The van der Waals surface area contributed by atoms with Gasteiger partial charge in [0.05, 0.1) is 16.1 Å². The molecule has 9 heteroatoms. The fraction of sp³-hybridized carbons (Fsp3) is 0.516. The zero-order valence-electron chi connectivity index (χ0n) is 23.2. The lowest BCUT2D eigenvalue weighted by Gasteiger charge is -2.36. The number of hydrogen-bond donors (Lipinski definition) is 2. The summed E-state index contributed by atoms with van der Waals surface area (Å²) in [5, 5.41) is 6.29. The maximum Gasteiger partial charge on any atom is 0.227 e. The van der Waals surface area contributed by atoms with Gasteiger partial charge in [0.2, 0.25) is 18.2 Å². The molecule has 40 heavy (non-hydrogen) atoms. The number of carbonyl (C=O) groups excluding carboxylic acids is 3. The van der Waals surface area contributed by atoms with Gasteiger partial charge < -0.3 is 15.5 Å². The minimum atomic E-state index is -0.531. The fourth-order valence-electron chi connectivity index (χ4n) is 6.25. The Kier molecular flexibility index (Phi) is 10.1. The molecule has 0 radical (unpaired) electrons. The molecule has 0 aromatic heterocycles. The summed E-state index contributed by atoms with van der Waals surface area (Å²) in [6.45, 7) is 5.00. The summed E-state index contributed by atoms with van der Waals surface area (Å²) in [7, 11) is 0. The van der Waals surface area contributed by atoms with Crippen LogP contribution in [-0.4, -0.2) is 30.8 Å². The van der Waals surface area contributed by atoms with Crippen molar-refractivity contribution in [2.45, 2.75) is 83.7 Å². The van der Waals surface area contributed by atoms with E-state index in [-0.39, 0.29) is 44.8 Å². The molecule has 1 heterocycles. The van der Waals surface area contributed by atoms with Crippen LogP contribution in [0.15, 0.2) is 36.4 Å². The van der Waals surface area contributed by atoms with Crippen LogP contribution in [0.4, 0.5) is 10.1 Å². The Morgan fingerprint density at radius 1 is 1.10 bits per heavy atom. The molecular formula is C31H38Cl2FN3O3. The predicted octanol–water partition coefficient (Wildman–Crippen LogP) is 6.91. The molecule has 2 aromatic rings. The molecule has 5 rings (SSSR count). The van der Waals surface area contributed by atoms with Crippen molar-refractivity contribution in [3.05, 3.63) is 63.4 Å². The average Bonchev–Trinajstić information content (AvgIpc) is 3.69. The van der Waals surface area contributed by atoms with Crippen molar-refractivity contribution >= 4 is 47.1 Å². The van der Waals surface area contributed by atoms with Crippen molar-refractivity contribution in [2.24, 2.45) is 11.3 Å². The van der Waals surface area contributed by atoms with Crippen LogP contribution in [0.2, 0.25) is 10.0 Å². The summed E-state index contributed by atoms with van der Waals surface area (Å²) in [4.78, 5) is 36.8. The fourth-order valence-corrected chi connectivity index (χ4v) is 6.67. The Balaban J connectivity index is 0.000000236. The second-order valence-corrected chi connectivity index (χ2v) is 12.3. The maximum atomic E-state index is 14.8. The molecule has 3 atom stereocenters. The number of amides is 3. The van der Waals surface area contributed by atoms with E-state index in [4.69, 9.17) is 23.2 Å². The van der Waals surface area contributed by atoms with Crippen LogP contribution in [0, 0.1) is 24.1 Å². The van der Waals surface area contributed by atoms with E-state index in [9.17, 15) is 18.8 Å². The van der Waals surface area contributed by atoms with Crippen LogP contribution in [0.3, 0.4) is 0 Å². The lowest BCUT2D eigenvalue weighted by molar-refractivity contribution is -0.126. The first-order valence-electron chi connectivity index (χ1n) is 14.1. The number of anilines is 1. The van der Waals surface area contributed by atoms with Crippen LogP contribution in [-0.2, 0) is 14.4 Å². The first-order chi connectivity index (χ1) is 19.1. The van der Waals surface area contributed by atoms with Gasteiger partial charge in [-0.1, -0.05) is 60.7 Å². The van der Waals surface area contributed by atoms with Gasteiger partial charge in [-0.25, -0.2) is 4.39 Å². The number of nitrogens with one attached hydrogen (secondary N) is 2. The van der Waals surface area contributed by atoms with Crippen LogP contribution in [0.1, 0.15) is 81.9 Å². The molecular weight excluding hydrogens is 552 g/mol. The SMILES string of the molecule is CC1(C(NC(=O)C2CCC(NC=O)C2)c2c(F)ccc(Cl)c2Cl)CCCC1.Cc1ccc(N2CCCC2=O)cc1. The zero-order chi connectivity index (χ0) is 28.9. The zero-order valence-corrected chi connectivity index (χ0v) is 24.7. The van der Waals surface area contributed by atoms with Crippen molar-refractivity contribution < 1.29 is 18.8 Å². The van der Waals surface area contributed by atoms with E-state index in [1.165, 1.54) is 17.7 Å². The van der Waals surface area contributed by atoms with Crippen molar-refractivity contribution in [2.75, 3.05) is 11.4 Å². The highest BCUT2D eigenvalue weighted by Crippen LogP contribution is 2.50. The molecule has 216 valence electrons. The first-order valence-corrected chi connectivity index (χ1v) is 14.9. The van der Waals surface area contributed by atoms with Gasteiger partial charge in [0.15, 0.2) is 0 Å². The van der Waals surface area contributed by atoms with Crippen molar-refractivity contribution in [3.63, 3.8) is 0 Å². The third-order valence-corrected chi connectivity index (χ3v) is 9.44. The molecule has 3 aliphatic rings. The monoisotopic (exact) mass is 589 g/mol. The molecule has 6 nitrogen and oxygen atoms in total. The van der Waals surface area contributed by atoms with Gasteiger partial charge in [-0.2, -0.15) is 0 Å². The summed E-state index contributed by atoms with van der Waals surface area (Å²) in [5.74, 6) is -0.506. The van der Waals surface area contributed by atoms with Crippen LogP contribution in [0.25, 0.3) is 0 Å². The number of hydrogen-bond acceptors (Lipinski definition) is 3. The number of aryl methyl sites for hydroxylation is 1. The quantitative estimate of drug-likeness (QED) is 0.272. The lowest BCUT2D eigenvalue weighted by Crippen LogP contribution is -2.41. The molecule has 3 fully saturated rings. The number of rotatable bonds is 7. The topological polar surface area (TPSA) is 78.5 Å². The Bertz CT molecular complexity index is 1220. The molecule has 2 aliphatic carbocycles. The summed E-state index contributed by atoms with van der Waals surface area (Å²) >= 11 is 12.5. The van der Waals surface area contributed by atoms with E-state index < -0.39 is 11.9 Å². The van der Waals surface area contributed by atoms with E-state index in [1.54, 1.807) is 0 Å². The predicted molar refractivity (Wildman–Crippen MR) is 157 cm³/mol. The molecule has 3 unspecified atom stereocenters. The van der Waals surface area contributed by atoms with Crippen molar-refractivity contribution in [3.8, 4) is 0 Å².